The van der Waals surface area contributed by atoms with E-state index in [0.717, 1.165) is 5.56 Å². The summed E-state index contributed by atoms with van der Waals surface area (Å²) in [4.78, 5) is 11.5. The Bertz CT molecular complexity index is 513. The van der Waals surface area contributed by atoms with E-state index in [-0.39, 0.29) is 13.0 Å². The molecule has 2 unspecified atom stereocenters. The largest absolute Gasteiger partial charge is 0.444 e. The smallest absolute Gasteiger partial charge is 0.407 e. The fourth-order valence-electron chi connectivity index (χ4n) is 1.97. The predicted octanol–water partition coefficient (Wildman–Crippen LogP) is 2.96. The van der Waals surface area contributed by atoms with Crippen LogP contribution in [0.4, 0.5) is 4.79 Å². The first-order valence-corrected chi connectivity index (χ1v) is 7.57. The van der Waals surface area contributed by atoms with Crippen molar-refractivity contribution in [2.75, 3.05) is 6.54 Å². The molecule has 0 aliphatic rings. The molecule has 0 aliphatic heterocycles. The number of nitrogens with one attached hydrogen (secondary N) is 1. The molecule has 1 amide bonds. The van der Waals surface area contributed by atoms with Crippen molar-refractivity contribution in [3.63, 3.8) is 0 Å². The minimum atomic E-state index is -1.03. The highest BCUT2D eigenvalue weighted by molar-refractivity contribution is 6.30. The van der Waals surface area contributed by atoms with Gasteiger partial charge in [0.05, 0.1) is 6.10 Å². The number of halogens is 1. The molecule has 0 fully saturated rings. The van der Waals surface area contributed by atoms with E-state index in [9.17, 15) is 15.0 Å². The lowest BCUT2D eigenvalue weighted by Gasteiger charge is -2.22. The number of carbonyl (C=O) groups is 1. The third-order valence-electron chi connectivity index (χ3n) is 3.02. The molecule has 0 heterocycles. The third kappa shape index (κ3) is 6.22. The van der Waals surface area contributed by atoms with Gasteiger partial charge in [0.15, 0.2) is 0 Å². The minimum absolute atomic E-state index is 0.208. The zero-order chi connectivity index (χ0) is 16.9. The van der Waals surface area contributed by atoms with Gasteiger partial charge in [-0.1, -0.05) is 17.7 Å². The zero-order valence-electron chi connectivity index (χ0n) is 13.4. The van der Waals surface area contributed by atoms with Crippen LogP contribution in [-0.4, -0.2) is 34.6 Å². The van der Waals surface area contributed by atoms with Gasteiger partial charge >= 0.3 is 6.09 Å². The maximum absolute atomic E-state index is 11.5. The Hall–Kier alpha value is -1.30. The summed E-state index contributed by atoms with van der Waals surface area (Å²) < 4.78 is 5.09. The molecule has 1 rings (SSSR count). The zero-order valence-corrected chi connectivity index (χ0v) is 14.1. The van der Waals surface area contributed by atoms with E-state index in [0.29, 0.717) is 10.6 Å². The lowest BCUT2D eigenvalue weighted by molar-refractivity contribution is 0.0119. The molecule has 0 saturated heterocycles. The van der Waals surface area contributed by atoms with Crippen LogP contribution in [0.25, 0.3) is 0 Å². The number of carbonyl (C=O) groups excluding carboxylic acids is 1. The van der Waals surface area contributed by atoms with E-state index in [1.807, 2.05) is 6.92 Å². The first kappa shape index (κ1) is 18.7. The lowest BCUT2D eigenvalue weighted by atomic mass is 9.98. The van der Waals surface area contributed by atoms with Gasteiger partial charge < -0.3 is 20.3 Å². The number of aliphatic hydroxyl groups is 2. The van der Waals surface area contributed by atoms with Crippen molar-refractivity contribution >= 4 is 17.7 Å². The third-order valence-corrected chi connectivity index (χ3v) is 3.26. The highest BCUT2D eigenvalue weighted by atomic mass is 35.5. The molecule has 0 radical (unpaired) electrons. The molecule has 22 heavy (non-hydrogen) atoms. The Morgan fingerprint density at radius 3 is 2.55 bits per heavy atom. The van der Waals surface area contributed by atoms with Gasteiger partial charge in [-0.2, -0.15) is 0 Å². The van der Waals surface area contributed by atoms with Gasteiger partial charge in [-0.3, -0.25) is 0 Å². The van der Waals surface area contributed by atoms with Gasteiger partial charge in [-0.25, -0.2) is 4.79 Å². The topological polar surface area (TPSA) is 78.8 Å². The molecule has 5 nitrogen and oxygen atoms in total. The normalized spacial score (nSPS) is 14.3. The number of hydrogen-bond acceptors (Lipinski definition) is 4. The number of rotatable bonds is 5. The number of benzene rings is 1. The number of aliphatic hydroxyl groups excluding tert-OH is 2. The van der Waals surface area contributed by atoms with E-state index in [2.05, 4.69) is 5.32 Å². The van der Waals surface area contributed by atoms with Crippen LogP contribution >= 0.6 is 11.6 Å². The average molecular weight is 330 g/mol. The summed E-state index contributed by atoms with van der Waals surface area (Å²) in [7, 11) is 0. The lowest BCUT2D eigenvalue weighted by Crippen LogP contribution is -2.34. The Balaban J connectivity index is 2.48. The molecule has 6 heteroatoms. The molecule has 2 atom stereocenters. The van der Waals surface area contributed by atoms with Crippen LogP contribution in [0.5, 0.6) is 0 Å². The monoisotopic (exact) mass is 329 g/mol. The second-order valence-electron chi connectivity index (χ2n) is 6.23. The molecule has 3 N–H and O–H groups in total. The van der Waals surface area contributed by atoms with Crippen LogP contribution in [0.2, 0.25) is 5.02 Å². The Morgan fingerprint density at radius 2 is 2.00 bits per heavy atom. The molecule has 0 spiro atoms. The van der Waals surface area contributed by atoms with Crippen molar-refractivity contribution in [2.45, 2.75) is 51.9 Å². The van der Waals surface area contributed by atoms with Gasteiger partial charge in [0.1, 0.15) is 11.7 Å². The first-order valence-electron chi connectivity index (χ1n) is 7.19. The number of hydrogen-bond donors (Lipinski definition) is 3. The number of alkyl carbamates (subject to hydrolysis) is 1. The summed E-state index contributed by atoms with van der Waals surface area (Å²) in [5.74, 6) is 0. The maximum atomic E-state index is 11.5. The van der Waals surface area contributed by atoms with Crippen molar-refractivity contribution in [2.24, 2.45) is 0 Å². The second-order valence-corrected chi connectivity index (χ2v) is 6.67. The van der Waals surface area contributed by atoms with E-state index in [4.69, 9.17) is 16.3 Å². The average Bonchev–Trinajstić information content (AvgIpc) is 2.35. The van der Waals surface area contributed by atoms with E-state index >= 15 is 0 Å². The fourth-order valence-corrected chi connectivity index (χ4v) is 2.20. The molecule has 1 aromatic rings. The van der Waals surface area contributed by atoms with E-state index in [1.165, 1.54) is 0 Å². The molecule has 0 aromatic heterocycles. The summed E-state index contributed by atoms with van der Waals surface area (Å²) >= 11 is 5.87. The summed E-state index contributed by atoms with van der Waals surface area (Å²) in [6.45, 7) is 7.34. The minimum Gasteiger partial charge on any atom is -0.444 e. The summed E-state index contributed by atoms with van der Waals surface area (Å²) in [5.41, 5.74) is 0.858. The maximum Gasteiger partial charge on any atom is 0.407 e. The Morgan fingerprint density at radius 1 is 1.36 bits per heavy atom. The highest BCUT2D eigenvalue weighted by Gasteiger charge is 2.21. The van der Waals surface area contributed by atoms with Crippen molar-refractivity contribution in [1.82, 2.24) is 5.32 Å². The van der Waals surface area contributed by atoms with Gasteiger partial charge in [0.2, 0.25) is 0 Å². The van der Waals surface area contributed by atoms with Crippen LogP contribution in [0.3, 0.4) is 0 Å². The van der Waals surface area contributed by atoms with Crippen molar-refractivity contribution in [3.8, 4) is 0 Å². The molecule has 124 valence electrons. The number of amides is 1. The van der Waals surface area contributed by atoms with Crippen LogP contribution in [0.15, 0.2) is 18.2 Å². The van der Waals surface area contributed by atoms with Gasteiger partial charge in [0.25, 0.3) is 0 Å². The van der Waals surface area contributed by atoms with Crippen molar-refractivity contribution < 1.29 is 19.7 Å². The van der Waals surface area contributed by atoms with Crippen LogP contribution in [0.1, 0.15) is 44.4 Å². The van der Waals surface area contributed by atoms with Gasteiger partial charge in [-0.05, 0) is 57.4 Å². The van der Waals surface area contributed by atoms with E-state index in [1.54, 1.807) is 39.0 Å². The van der Waals surface area contributed by atoms with Gasteiger partial charge in [-0.15, -0.1) is 0 Å². The van der Waals surface area contributed by atoms with Gasteiger partial charge in [0, 0.05) is 11.6 Å². The van der Waals surface area contributed by atoms with Crippen molar-refractivity contribution in [1.29, 1.82) is 0 Å². The SMILES string of the molecule is Cc1cc(Cl)ccc1C(O)C(O)CCNC(=O)OC(C)(C)C. The summed E-state index contributed by atoms with van der Waals surface area (Å²) in [6.07, 6.45) is -2.35. The first-order chi connectivity index (χ1) is 10.1. The Labute approximate surface area is 136 Å². The van der Waals surface area contributed by atoms with Crippen molar-refractivity contribution in [3.05, 3.63) is 34.3 Å². The number of aryl methyl sites for hydroxylation is 1. The molecule has 0 aliphatic carbocycles. The fraction of sp³-hybridized carbons (Fsp3) is 0.562. The van der Waals surface area contributed by atoms with E-state index < -0.39 is 23.9 Å². The standard InChI is InChI=1S/C16H24ClNO4/c1-10-9-11(17)5-6-12(10)14(20)13(19)7-8-18-15(21)22-16(2,3)4/h5-6,9,13-14,19-20H,7-8H2,1-4H3,(H,18,21). The molecular formula is C16H24ClNO4. The summed E-state index contributed by atoms with van der Waals surface area (Å²) in [5, 5.41) is 23.3. The second kappa shape index (κ2) is 7.81. The van der Waals surface area contributed by atoms with Crippen LogP contribution in [0, 0.1) is 6.92 Å². The number of ether oxygens (including phenoxy) is 1. The Kier molecular flexibility index (Phi) is 6.66. The van der Waals surface area contributed by atoms with Crippen LogP contribution in [-0.2, 0) is 4.74 Å². The molecule has 0 saturated carbocycles. The molecular weight excluding hydrogens is 306 g/mol. The van der Waals surface area contributed by atoms with Crippen LogP contribution < -0.4 is 5.32 Å². The quantitative estimate of drug-likeness (QED) is 0.776. The predicted molar refractivity (Wildman–Crippen MR) is 86.0 cm³/mol. The highest BCUT2D eigenvalue weighted by Crippen LogP contribution is 2.24. The molecule has 0 bridgehead atoms. The molecule has 1 aromatic carbocycles. The summed E-state index contributed by atoms with van der Waals surface area (Å²) in [6, 6.07) is 5.08.